The van der Waals surface area contributed by atoms with Crippen LogP contribution in [0.1, 0.15) is 30.6 Å². The van der Waals surface area contributed by atoms with E-state index < -0.39 is 5.97 Å². The van der Waals surface area contributed by atoms with Gasteiger partial charge in [0.15, 0.2) is 0 Å². The molecule has 5 nitrogen and oxygen atoms in total. The number of halogens is 1. The molecule has 1 aromatic rings. The molecule has 2 N–H and O–H groups in total. The van der Waals surface area contributed by atoms with E-state index in [9.17, 15) is 9.59 Å². The number of nitrogens with one attached hydrogen (secondary N) is 1. The van der Waals surface area contributed by atoms with Crippen LogP contribution < -0.4 is 5.32 Å². The molecule has 0 atom stereocenters. The molecule has 1 rings (SSSR count). The third kappa shape index (κ3) is 4.74. The van der Waals surface area contributed by atoms with Crippen molar-refractivity contribution in [2.75, 3.05) is 18.9 Å². The van der Waals surface area contributed by atoms with Crippen molar-refractivity contribution >= 4 is 29.3 Å². The van der Waals surface area contributed by atoms with E-state index in [1.54, 1.807) is 11.9 Å². The van der Waals surface area contributed by atoms with Crippen LogP contribution in [0, 0.1) is 5.92 Å². The van der Waals surface area contributed by atoms with E-state index in [0.29, 0.717) is 23.2 Å². The SMILES string of the molecule is CC(C)CCN(C)C(=O)Nc1cc(C(=O)O)ccc1Cl. The molecule has 20 heavy (non-hydrogen) atoms. The molecule has 0 unspecified atom stereocenters. The summed E-state index contributed by atoms with van der Waals surface area (Å²) in [6.07, 6.45) is 0.896. The highest BCUT2D eigenvalue weighted by atomic mass is 35.5. The lowest BCUT2D eigenvalue weighted by Crippen LogP contribution is -2.32. The Hall–Kier alpha value is -1.75. The summed E-state index contributed by atoms with van der Waals surface area (Å²) in [7, 11) is 1.69. The third-order valence-corrected chi connectivity index (χ3v) is 3.17. The van der Waals surface area contributed by atoms with Gasteiger partial charge < -0.3 is 15.3 Å². The second-order valence-electron chi connectivity index (χ2n) is 5.03. The Morgan fingerprint density at radius 1 is 1.40 bits per heavy atom. The number of benzene rings is 1. The quantitative estimate of drug-likeness (QED) is 0.873. The molecule has 0 aromatic heterocycles. The first-order valence-electron chi connectivity index (χ1n) is 6.36. The lowest BCUT2D eigenvalue weighted by molar-refractivity contribution is 0.0697. The number of nitrogens with zero attached hydrogens (tertiary/aromatic N) is 1. The van der Waals surface area contributed by atoms with Crippen molar-refractivity contribution in [3.05, 3.63) is 28.8 Å². The summed E-state index contributed by atoms with van der Waals surface area (Å²) in [4.78, 5) is 24.4. The molecule has 0 spiro atoms. The van der Waals surface area contributed by atoms with Crippen LogP contribution in [0.4, 0.5) is 10.5 Å². The maximum Gasteiger partial charge on any atom is 0.335 e. The summed E-state index contributed by atoms with van der Waals surface area (Å²) in [6, 6.07) is 3.88. The van der Waals surface area contributed by atoms with Crippen molar-refractivity contribution in [2.24, 2.45) is 5.92 Å². The number of urea groups is 1. The first kappa shape index (κ1) is 16.3. The fourth-order valence-electron chi connectivity index (χ4n) is 1.52. The van der Waals surface area contributed by atoms with Gasteiger partial charge in [-0.3, -0.25) is 0 Å². The number of aromatic carboxylic acids is 1. The summed E-state index contributed by atoms with van der Waals surface area (Å²) in [6.45, 7) is 4.79. The number of amides is 2. The summed E-state index contributed by atoms with van der Waals surface area (Å²) in [5, 5.41) is 11.8. The van der Waals surface area contributed by atoms with Crippen LogP contribution in [-0.2, 0) is 0 Å². The fourth-order valence-corrected chi connectivity index (χ4v) is 1.68. The monoisotopic (exact) mass is 298 g/mol. The molecular weight excluding hydrogens is 280 g/mol. The van der Waals surface area contributed by atoms with Gasteiger partial charge in [0.05, 0.1) is 16.3 Å². The van der Waals surface area contributed by atoms with Crippen molar-refractivity contribution in [3.63, 3.8) is 0 Å². The maximum atomic E-state index is 12.0. The highest BCUT2D eigenvalue weighted by Gasteiger charge is 2.13. The molecule has 0 fully saturated rings. The van der Waals surface area contributed by atoms with Gasteiger partial charge in [-0.05, 0) is 30.5 Å². The standard InChI is InChI=1S/C14H19ClN2O3/c1-9(2)6-7-17(3)14(20)16-12-8-10(13(18)19)4-5-11(12)15/h4-5,8-9H,6-7H2,1-3H3,(H,16,20)(H,18,19). The highest BCUT2D eigenvalue weighted by molar-refractivity contribution is 6.33. The van der Waals surface area contributed by atoms with Gasteiger partial charge in [0.1, 0.15) is 0 Å². The van der Waals surface area contributed by atoms with Crippen LogP contribution in [0.3, 0.4) is 0 Å². The number of hydrogen-bond donors (Lipinski definition) is 2. The highest BCUT2D eigenvalue weighted by Crippen LogP contribution is 2.23. The van der Waals surface area contributed by atoms with Crippen LogP contribution in [0.2, 0.25) is 5.02 Å². The minimum Gasteiger partial charge on any atom is -0.478 e. The molecule has 2 amide bonds. The Kier molecular flexibility index (Phi) is 5.82. The molecule has 0 bridgehead atoms. The number of carboxylic acids is 1. The average Bonchev–Trinajstić information content (AvgIpc) is 2.37. The van der Waals surface area contributed by atoms with Crippen LogP contribution >= 0.6 is 11.6 Å². The molecule has 0 saturated heterocycles. The zero-order valence-corrected chi connectivity index (χ0v) is 12.6. The van der Waals surface area contributed by atoms with E-state index in [0.717, 1.165) is 6.42 Å². The van der Waals surface area contributed by atoms with Gasteiger partial charge in [0, 0.05) is 13.6 Å². The van der Waals surface area contributed by atoms with Gasteiger partial charge in [-0.25, -0.2) is 9.59 Å². The smallest absolute Gasteiger partial charge is 0.335 e. The zero-order chi connectivity index (χ0) is 15.3. The minimum atomic E-state index is -1.06. The Morgan fingerprint density at radius 3 is 2.60 bits per heavy atom. The molecular formula is C14H19ClN2O3. The summed E-state index contributed by atoms with van der Waals surface area (Å²) < 4.78 is 0. The lowest BCUT2D eigenvalue weighted by atomic mass is 10.1. The van der Waals surface area contributed by atoms with Crippen LogP contribution in [0.5, 0.6) is 0 Å². The number of carbonyl (C=O) groups is 2. The molecule has 1 aromatic carbocycles. The number of anilines is 1. The second-order valence-corrected chi connectivity index (χ2v) is 5.44. The van der Waals surface area contributed by atoms with Crippen molar-refractivity contribution in [1.29, 1.82) is 0 Å². The van der Waals surface area contributed by atoms with Gasteiger partial charge in [0.2, 0.25) is 0 Å². The van der Waals surface area contributed by atoms with Gasteiger partial charge in [0.25, 0.3) is 0 Å². The van der Waals surface area contributed by atoms with E-state index in [1.807, 2.05) is 0 Å². The van der Waals surface area contributed by atoms with Crippen molar-refractivity contribution in [1.82, 2.24) is 4.90 Å². The molecule has 0 aliphatic heterocycles. The Labute approximate surface area is 123 Å². The van der Waals surface area contributed by atoms with Gasteiger partial charge in [-0.15, -0.1) is 0 Å². The van der Waals surface area contributed by atoms with E-state index >= 15 is 0 Å². The number of hydrogen-bond acceptors (Lipinski definition) is 2. The summed E-state index contributed by atoms with van der Waals surface area (Å²) in [5.41, 5.74) is 0.377. The molecule has 6 heteroatoms. The summed E-state index contributed by atoms with van der Waals surface area (Å²) in [5.74, 6) is -0.561. The number of rotatable bonds is 5. The number of carbonyl (C=O) groups excluding carboxylic acids is 1. The molecule has 0 saturated carbocycles. The first-order chi connectivity index (χ1) is 9.31. The van der Waals surface area contributed by atoms with Crippen LogP contribution in [0.15, 0.2) is 18.2 Å². The Balaban J connectivity index is 2.74. The molecule has 0 radical (unpaired) electrons. The van der Waals surface area contributed by atoms with E-state index in [1.165, 1.54) is 18.2 Å². The lowest BCUT2D eigenvalue weighted by Gasteiger charge is -2.19. The summed E-state index contributed by atoms with van der Waals surface area (Å²) >= 11 is 5.95. The number of carboxylic acid groups (broad SMARTS) is 1. The minimum absolute atomic E-state index is 0.0783. The zero-order valence-electron chi connectivity index (χ0n) is 11.8. The Morgan fingerprint density at radius 2 is 2.05 bits per heavy atom. The van der Waals surface area contributed by atoms with Gasteiger partial charge in [-0.1, -0.05) is 25.4 Å². The predicted molar refractivity (Wildman–Crippen MR) is 79.5 cm³/mol. The van der Waals surface area contributed by atoms with Crippen molar-refractivity contribution < 1.29 is 14.7 Å². The van der Waals surface area contributed by atoms with Crippen LogP contribution in [-0.4, -0.2) is 35.6 Å². The topological polar surface area (TPSA) is 69.6 Å². The fraction of sp³-hybridized carbons (Fsp3) is 0.429. The van der Waals surface area contributed by atoms with E-state index in [-0.39, 0.29) is 11.6 Å². The maximum absolute atomic E-state index is 12.0. The predicted octanol–water partition coefficient (Wildman–Crippen LogP) is 3.55. The largest absolute Gasteiger partial charge is 0.478 e. The van der Waals surface area contributed by atoms with Crippen LogP contribution in [0.25, 0.3) is 0 Å². The van der Waals surface area contributed by atoms with Gasteiger partial charge in [-0.2, -0.15) is 0 Å². The third-order valence-electron chi connectivity index (χ3n) is 2.84. The van der Waals surface area contributed by atoms with Gasteiger partial charge >= 0.3 is 12.0 Å². The van der Waals surface area contributed by atoms with Crippen molar-refractivity contribution in [2.45, 2.75) is 20.3 Å². The molecule has 0 aliphatic carbocycles. The second kappa shape index (κ2) is 7.14. The van der Waals surface area contributed by atoms with E-state index in [4.69, 9.17) is 16.7 Å². The average molecular weight is 299 g/mol. The molecule has 0 heterocycles. The van der Waals surface area contributed by atoms with E-state index in [2.05, 4.69) is 19.2 Å². The molecule has 110 valence electrons. The molecule has 0 aliphatic rings. The normalized spacial score (nSPS) is 10.4. The first-order valence-corrected chi connectivity index (χ1v) is 6.74. The Bertz CT molecular complexity index is 503. The van der Waals surface area contributed by atoms with Crippen molar-refractivity contribution in [3.8, 4) is 0 Å².